The number of aromatic hydroxyl groups is 1. The first-order valence-corrected chi connectivity index (χ1v) is 14.8. The second-order valence-corrected chi connectivity index (χ2v) is 13.6. The quantitative estimate of drug-likeness (QED) is 0.442. The number of phenolic OH excluding ortho intramolecular Hbond substituents is 1. The van der Waals surface area contributed by atoms with Crippen LogP contribution >= 0.6 is 0 Å². The average Bonchev–Trinajstić information content (AvgIpc) is 2.85. The van der Waals surface area contributed by atoms with E-state index in [1.807, 2.05) is 13.8 Å². The molecular weight excluding hydrogens is 524 g/mol. The van der Waals surface area contributed by atoms with E-state index < -0.39 is 69.0 Å². The second-order valence-electron chi connectivity index (χ2n) is 13.6. The standard InChI is InChI=1S/C33H42O8/c1-8-18(34)10-9-11-21(35)24-28(38)25(17(4)5)32(7)15-31(6)14-20-19(16(2)3)12-13-22(36)23(20)27(37)26(31)30(40)33(32,41)29(24)39/h12-13,16-17,24-26,36,41H,8-11,14-15H2,1-7H3/t24?,25?,26?,31-,32-,33+/m1/s1. The highest BCUT2D eigenvalue weighted by molar-refractivity contribution is 6.33. The van der Waals surface area contributed by atoms with Crippen molar-refractivity contribution in [2.24, 2.45) is 34.5 Å². The van der Waals surface area contributed by atoms with Crippen molar-refractivity contribution in [3.63, 3.8) is 0 Å². The molecule has 4 rings (SSSR count). The summed E-state index contributed by atoms with van der Waals surface area (Å²) in [5.74, 6) is -9.10. The minimum absolute atomic E-state index is 0.0253. The molecule has 222 valence electrons. The lowest BCUT2D eigenvalue weighted by molar-refractivity contribution is -0.205. The summed E-state index contributed by atoms with van der Waals surface area (Å²) in [6.45, 7) is 12.5. The van der Waals surface area contributed by atoms with Gasteiger partial charge in [0.25, 0.3) is 0 Å². The molecular formula is C33H42O8. The summed E-state index contributed by atoms with van der Waals surface area (Å²) in [4.78, 5) is 81.6. The smallest absolute Gasteiger partial charge is 0.190 e. The fraction of sp³-hybridized carbons (Fsp3) is 0.636. The lowest BCUT2D eigenvalue weighted by atomic mass is 9.39. The number of rotatable bonds is 8. The number of phenols is 1. The van der Waals surface area contributed by atoms with Crippen LogP contribution in [-0.4, -0.2) is 50.5 Å². The fourth-order valence-electron chi connectivity index (χ4n) is 8.40. The Bertz CT molecular complexity index is 1350. The number of benzene rings is 1. The number of aliphatic hydroxyl groups is 1. The molecule has 2 fully saturated rings. The van der Waals surface area contributed by atoms with E-state index in [2.05, 4.69) is 0 Å². The molecule has 8 nitrogen and oxygen atoms in total. The number of carbonyl (C=O) groups excluding carboxylic acids is 6. The van der Waals surface area contributed by atoms with Crippen molar-refractivity contribution in [3.05, 3.63) is 28.8 Å². The third-order valence-electron chi connectivity index (χ3n) is 10.1. The highest BCUT2D eigenvalue weighted by atomic mass is 16.3. The van der Waals surface area contributed by atoms with Gasteiger partial charge in [0.15, 0.2) is 34.5 Å². The summed E-state index contributed by atoms with van der Waals surface area (Å²) in [6.07, 6.45) is 0.659. The van der Waals surface area contributed by atoms with Gasteiger partial charge in [-0.3, -0.25) is 28.8 Å². The Morgan fingerprint density at radius 2 is 1.63 bits per heavy atom. The molecule has 3 aliphatic rings. The van der Waals surface area contributed by atoms with Gasteiger partial charge < -0.3 is 10.2 Å². The van der Waals surface area contributed by atoms with Crippen molar-refractivity contribution in [1.29, 1.82) is 0 Å². The van der Waals surface area contributed by atoms with Crippen molar-refractivity contribution in [3.8, 4) is 5.75 Å². The first-order chi connectivity index (χ1) is 19.0. The molecule has 3 aliphatic carbocycles. The molecule has 8 heteroatoms. The maximum absolute atomic E-state index is 14.4. The molecule has 1 aromatic rings. The Labute approximate surface area is 241 Å². The minimum atomic E-state index is -2.74. The van der Waals surface area contributed by atoms with E-state index in [-0.39, 0.29) is 55.1 Å². The zero-order valence-corrected chi connectivity index (χ0v) is 25.1. The predicted octanol–water partition coefficient (Wildman–Crippen LogP) is 4.35. The number of hydrogen-bond donors (Lipinski definition) is 2. The van der Waals surface area contributed by atoms with Crippen molar-refractivity contribution in [1.82, 2.24) is 0 Å². The van der Waals surface area contributed by atoms with Crippen LogP contribution in [0.15, 0.2) is 12.1 Å². The van der Waals surface area contributed by atoms with Gasteiger partial charge in [-0.15, -0.1) is 0 Å². The van der Waals surface area contributed by atoms with Gasteiger partial charge in [0.1, 0.15) is 17.5 Å². The monoisotopic (exact) mass is 566 g/mol. The van der Waals surface area contributed by atoms with Gasteiger partial charge in [-0.05, 0) is 53.7 Å². The van der Waals surface area contributed by atoms with E-state index in [1.165, 1.54) is 6.07 Å². The minimum Gasteiger partial charge on any atom is -0.507 e. The van der Waals surface area contributed by atoms with Crippen LogP contribution in [0.4, 0.5) is 0 Å². The molecule has 2 N–H and O–H groups in total. The largest absolute Gasteiger partial charge is 0.507 e. The molecule has 0 aliphatic heterocycles. The van der Waals surface area contributed by atoms with E-state index in [1.54, 1.807) is 40.7 Å². The molecule has 41 heavy (non-hydrogen) atoms. The Hall–Kier alpha value is -3.00. The SMILES string of the molecule is CCC(=O)CCCC(=O)C1C(=O)C(C(C)C)[C@@]2(C)C[C@@]3(C)Cc4c(C(C)C)ccc(O)c4C(=O)C3C(=O)[C@@]2(O)C1=O. The lowest BCUT2D eigenvalue weighted by Gasteiger charge is -2.62. The summed E-state index contributed by atoms with van der Waals surface area (Å²) >= 11 is 0. The average molecular weight is 567 g/mol. The summed E-state index contributed by atoms with van der Waals surface area (Å²) in [7, 11) is 0. The van der Waals surface area contributed by atoms with Crippen LogP contribution in [0.3, 0.4) is 0 Å². The first kappa shape index (κ1) is 30.9. The molecule has 0 saturated heterocycles. The van der Waals surface area contributed by atoms with Crippen LogP contribution in [0, 0.1) is 34.5 Å². The molecule has 0 bridgehead atoms. The Kier molecular flexibility index (Phi) is 7.83. The molecule has 0 radical (unpaired) electrons. The highest BCUT2D eigenvalue weighted by Gasteiger charge is 2.76. The topological polar surface area (TPSA) is 143 Å². The highest BCUT2D eigenvalue weighted by Crippen LogP contribution is 2.64. The predicted molar refractivity (Wildman–Crippen MR) is 150 cm³/mol. The van der Waals surface area contributed by atoms with E-state index in [0.29, 0.717) is 12.0 Å². The van der Waals surface area contributed by atoms with Crippen molar-refractivity contribution in [2.45, 2.75) is 98.5 Å². The molecule has 2 saturated carbocycles. The van der Waals surface area contributed by atoms with Gasteiger partial charge in [-0.1, -0.05) is 54.5 Å². The summed E-state index contributed by atoms with van der Waals surface area (Å²) < 4.78 is 0. The van der Waals surface area contributed by atoms with Gasteiger partial charge in [-0.25, -0.2) is 0 Å². The van der Waals surface area contributed by atoms with Crippen LogP contribution < -0.4 is 0 Å². The fourth-order valence-corrected chi connectivity index (χ4v) is 8.40. The van der Waals surface area contributed by atoms with Gasteiger partial charge in [0.2, 0.25) is 0 Å². The molecule has 1 aromatic carbocycles. The molecule has 0 heterocycles. The molecule has 3 unspecified atom stereocenters. The molecule has 0 aromatic heterocycles. The Balaban J connectivity index is 1.85. The normalized spacial score (nSPS) is 33.1. The number of hydrogen-bond acceptors (Lipinski definition) is 8. The molecule has 6 atom stereocenters. The van der Waals surface area contributed by atoms with Crippen LogP contribution in [0.5, 0.6) is 5.75 Å². The second kappa shape index (κ2) is 10.4. The maximum atomic E-state index is 14.4. The number of ketones is 6. The van der Waals surface area contributed by atoms with Crippen LogP contribution in [-0.2, 0) is 30.4 Å². The van der Waals surface area contributed by atoms with E-state index in [0.717, 1.165) is 5.56 Å². The number of Topliss-reactive ketones (excluding diaryl/α,β-unsaturated/α-hetero) is 6. The third-order valence-corrected chi connectivity index (χ3v) is 10.1. The Morgan fingerprint density at radius 3 is 2.20 bits per heavy atom. The Morgan fingerprint density at radius 1 is 1.00 bits per heavy atom. The summed E-state index contributed by atoms with van der Waals surface area (Å²) in [5, 5.41) is 23.0. The molecule has 0 amide bonds. The summed E-state index contributed by atoms with van der Waals surface area (Å²) in [6, 6.07) is 3.20. The van der Waals surface area contributed by atoms with E-state index in [4.69, 9.17) is 0 Å². The van der Waals surface area contributed by atoms with E-state index >= 15 is 0 Å². The van der Waals surface area contributed by atoms with Gasteiger partial charge >= 0.3 is 0 Å². The van der Waals surface area contributed by atoms with Gasteiger partial charge in [-0.2, -0.15) is 0 Å². The first-order valence-electron chi connectivity index (χ1n) is 14.8. The van der Waals surface area contributed by atoms with Gasteiger partial charge in [0, 0.05) is 30.6 Å². The van der Waals surface area contributed by atoms with E-state index in [9.17, 15) is 39.0 Å². The van der Waals surface area contributed by atoms with Crippen LogP contribution in [0.1, 0.15) is 108 Å². The zero-order chi connectivity index (χ0) is 30.8. The molecule has 0 spiro atoms. The number of carbonyl (C=O) groups is 6. The number of fused-ring (bicyclic) bond motifs is 3. The zero-order valence-electron chi connectivity index (χ0n) is 25.1. The van der Waals surface area contributed by atoms with Crippen molar-refractivity contribution >= 4 is 34.7 Å². The lowest BCUT2D eigenvalue weighted by Crippen LogP contribution is -2.77. The van der Waals surface area contributed by atoms with Crippen molar-refractivity contribution < 1.29 is 39.0 Å². The maximum Gasteiger partial charge on any atom is 0.190 e. The van der Waals surface area contributed by atoms with Crippen molar-refractivity contribution in [2.75, 3.05) is 0 Å². The van der Waals surface area contributed by atoms with Crippen LogP contribution in [0.2, 0.25) is 0 Å². The van der Waals surface area contributed by atoms with Gasteiger partial charge in [0.05, 0.1) is 11.5 Å². The third kappa shape index (κ3) is 4.36. The van der Waals surface area contributed by atoms with Crippen LogP contribution in [0.25, 0.3) is 0 Å². The summed E-state index contributed by atoms with van der Waals surface area (Å²) in [5.41, 5.74) is -3.78.